The molecule has 16 heavy (non-hydrogen) atoms. The molecule has 0 aromatic heterocycles. The SMILES string of the molecule is CCNC(=O)CN(CC)CCCCC(N)=S. The first-order valence-electron chi connectivity index (χ1n) is 5.87. The summed E-state index contributed by atoms with van der Waals surface area (Å²) in [6.45, 7) is 6.98. The number of carbonyl (C=O) groups is 1. The van der Waals surface area contributed by atoms with Crippen molar-refractivity contribution in [2.45, 2.75) is 33.1 Å². The molecule has 0 atom stereocenters. The van der Waals surface area contributed by atoms with Crippen molar-refractivity contribution in [1.29, 1.82) is 0 Å². The van der Waals surface area contributed by atoms with E-state index in [9.17, 15) is 4.79 Å². The summed E-state index contributed by atoms with van der Waals surface area (Å²) in [6, 6.07) is 0. The highest BCUT2D eigenvalue weighted by atomic mass is 32.1. The maximum Gasteiger partial charge on any atom is 0.234 e. The zero-order chi connectivity index (χ0) is 12.4. The van der Waals surface area contributed by atoms with Gasteiger partial charge < -0.3 is 11.1 Å². The van der Waals surface area contributed by atoms with E-state index < -0.39 is 0 Å². The summed E-state index contributed by atoms with van der Waals surface area (Å²) < 4.78 is 0. The minimum atomic E-state index is 0.0960. The Labute approximate surface area is 104 Å². The monoisotopic (exact) mass is 245 g/mol. The fourth-order valence-electron chi connectivity index (χ4n) is 1.44. The first-order valence-corrected chi connectivity index (χ1v) is 6.28. The van der Waals surface area contributed by atoms with Crippen molar-refractivity contribution < 1.29 is 4.79 Å². The van der Waals surface area contributed by atoms with Gasteiger partial charge in [0.15, 0.2) is 0 Å². The molecule has 0 aliphatic heterocycles. The zero-order valence-electron chi connectivity index (χ0n) is 10.3. The number of likely N-dealkylation sites (N-methyl/N-ethyl adjacent to an activating group) is 2. The number of amides is 1. The standard InChI is InChI=1S/C11H23N3OS/c1-3-13-11(15)9-14(4-2)8-6-5-7-10(12)16/h3-9H2,1-2H3,(H2,12,16)(H,13,15). The molecule has 0 aromatic carbocycles. The molecular formula is C11H23N3OS. The van der Waals surface area contributed by atoms with Crippen molar-refractivity contribution in [3.8, 4) is 0 Å². The van der Waals surface area contributed by atoms with E-state index in [4.69, 9.17) is 18.0 Å². The van der Waals surface area contributed by atoms with Crippen LogP contribution in [0.25, 0.3) is 0 Å². The second-order valence-corrected chi connectivity index (χ2v) is 4.27. The van der Waals surface area contributed by atoms with E-state index in [1.165, 1.54) is 0 Å². The molecule has 0 fully saturated rings. The Hall–Kier alpha value is -0.680. The third-order valence-electron chi connectivity index (χ3n) is 2.34. The zero-order valence-corrected chi connectivity index (χ0v) is 11.1. The van der Waals surface area contributed by atoms with Crippen LogP contribution in [0.2, 0.25) is 0 Å². The molecule has 5 heteroatoms. The number of carbonyl (C=O) groups excluding carboxylic acids is 1. The molecule has 0 aromatic rings. The van der Waals surface area contributed by atoms with Crippen molar-refractivity contribution in [2.75, 3.05) is 26.2 Å². The summed E-state index contributed by atoms with van der Waals surface area (Å²) in [5.74, 6) is 0.0960. The minimum Gasteiger partial charge on any atom is -0.393 e. The number of unbranched alkanes of at least 4 members (excludes halogenated alkanes) is 1. The Kier molecular flexibility index (Phi) is 9.13. The van der Waals surface area contributed by atoms with Crippen LogP contribution in [0.1, 0.15) is 33.1 Å². The lowest BCUT2D eigenvalue weighted by Gasteiger charge is -2.19. The summed E-state index contributed by atoms with van der Waals surface area (Å²) >= 11 is 4.81. The average Bonchev–Trinajstić information content (AvgIpc) is 2.22. The minimum absolute atomic E-state index is 0.0960. The Morgan fingerprint density at radius 1 is 1.38 bits per heavy atom. The van der Waals surface area contributed by atoms with Crippen molar-refractivity contribution in [3.63, 3.8) is 0 Å². The van der Waals surface area contributed by atoms with Gasteiger partial charge in [0.2, 0.25) is 5.91 Å². The van der Waals surface area contributed by atoms with Crippen LogP contribution >= 0.6 is 12.2 Å². The van der Waals surface area contributed by atoms with Crippen LogP contribution < -0.4 is 11.1 Å². The maximum absolute atomic E-state index is 11.4. The topological polar surface area (TPSA) is 58.4 Å². The molecule has 0 aliphatic rings. The highest BCUT2D eigenvalue weighted by Crippen LogP contribution is 1.99. The number of thiocarbonyl (C=S) groups is 1. The third-order valence-corrected chi connectivity index (χ3v) is 2.54. The van der Waals surface area contributed by atoms with Gasteiger partial charge in [-0.2, -0.15) is 0 Å². The van der Waals surface area contributed by atoms with Gasteiger partial charge in [0.05, 0.1) is 11.5 Å². The molecule has 1 amide bonds. The maximum atomic E-state index is 11.4. The quantitative estimate of drug-likeness (QED) is 0.468. The summed E-state index contributed by atoms with van der Waals surface area (Å²) in [5, 5.41) is 2.80. The van der Waals surface area contributed by atoms with Gasteiger partial charge in [0.25, 0.3) is 0 Å². The van der Waals surface area contributed by atoms with E-state index in [2.05, 4.69) is 17.1 Å². The number of nitrogens with zero attached hydrogens (tertiary/aromatic N) is 1. The van der Waals surface area contributed by atoms with Crippen LogP contribution in [0.4, 0.5) is 0 Å². The molecule has 3 N–H and O–H groups in total. The largest absolute Gasteiger partial charge is 0.393 e. The molecule has 94 valence electrons. The van der Waals surface area contributed by atoms with Gasteiger partial charge in [0, 0.05) is 6.54 Å². The van der Waals surface area contributed by atoms with E-state index in [1.807, 2.05) is 6.92 Å². The van der Waals surface area contributed by atoms with Crippen LogP contribution in [0.3, 0.4) is 0 Å². The fourth-order valence-corrected chi connectivity index (χ4v) is 1.58. The fraction of sp³-hybridized carbons (Fsp3) is 0.818. The smallest absolute Gasteiger partial charge is 0.234 e. The lowest BCUT2D eigenvalue weighted by Crippen LogP contribution is -2.37. The summed E-state index contributed by atoms with van der Waals surface area (Å²) in [5.41, 5.74) is 5.42. The first-order chi connectivity index (χ1) is 7.60. The lowest BCUT2D eigenvalue weighted by atomic mass is 10.2. The van der Waals surface area contributed by atoms with Crippen molar-refractivity contribution in [1.82, 2.24) is 10.2 Å². The molecule has 0 spiro atoms. The van der Waals surface area contributed by atoms with Crippen LogP contribution in [0.5, 0.6) is 0 Å². The van der Waals surface area contributed by atoms with Crippen LogP contribution in [0.15, 0.2) is 0 Å². The molecule has 0 saturated heterocycles. The Morgan fingerprint density at radius 3 is 2.56 bits per heavy atom. The second kappa shape index (κ2) is 9.54. The average molecular weight is 245 g/mol. The third kappa shape index (κ3) is 8.61. The van der Waals surface area contributed by atoms with Crippen molar-refractivity contribution >= 4 is 23.1 Å². The van der Waals surface area contributed by atoms with E-state index in [0.29, 0.717) is 18.1 Å². The molecule has 0 aliphatic carbocycles. The van der Waals surface area contributed by atoms with Gasteiger partial charge in [0.1, 0.15) is 0 Å². The van der Waals surface area contributed by atoms with Crippen molar-refractivity contribution in [2.24, 2.45) is 5.73 Å². The highest BCUT2D eigenvalue weighted by molar-refractivity contribution is 7.80. The van der Waals surface area contributed by atoms with Crippen LogP contribution in [-0.2, 0) is 4.79 Å². The molecule has 0 bridgehead atoms. The summed E-state index contributed by atoms with van der Waals surface area (Å²) in [7, 11) is 0. The van der Waals surface area contributed by atoms with E-state index >= 15 is 0 Å². The predicted octanol–water partition coefficient (Wildman–Crippen LogP) is 0.901. The molecule has 0 rings (SSSR count). The molecular weight excluding hydrogens is 222 g/mol. The van der Waals surface area contributed by atoms with Gasteiger partial charge in [-0.05, 0) is 39.3 Å². The van der Waals surface area contributed by atoms with E-state index in [0.717, 1.165) is 32.4 Å². The summed E-state index contributed by atoms with van der Waals surface area (Å²) in [6.07, 6.45) is 2.83. The molecule has 0 saturated carbocycles. The number of nitrogens with two attached hydrogens (primary N) is 1. The van der Waals surface area contributed by atoms with Crippen LogP contribution in [-0.4, -0.2) is 42.0 Å². The first kappa shape index (κ1) is 15.3. The van der Waals surface area contributed by atoms with Gasteiger partial charge in [-0.1, -0.05) is 19.1 Å². The van der Waals surface area contributed by atoms with Gasteiger partial charge >= 0.3 is 0 Å². The Morgan fingerprint density at radius 2 is 2.06 bits per heavy atom. The second-order valence-electron chi connectivity index (χ2n) is 3.75. The van der Waals surface area contributed by atoms with Crippen LogP contribution in [0, 0.1) is 0 Å². The van der Waals surface area contributed by atoms with Gasteiger partial charge in [-0.15, -0.1) is 0 Å². The lowest BCUT2D eigenvalue weighted by molar-refractivity contribution is -0.122. The molecule has 4 nitrogen and oxygen atoms in total. The normalized spacial score (nSPS) is 10.4. The molecule has 0 radical (unpaired) electrons. The van der Waals surface area contributed by atoms with E-state index in [1.54, 1.807) is 0 Å². The number of rotatable bonds is 9. The summed E-state index contributed by atoms with van der Waals surface area (Å²) in [4.78, 5) is 14.1. The van der Waals surface area contributed by atoms with Gasteiger partial charge in [-0.25, -0.2) is 0 Å². The van der Waals surface area contributed by atoms with Crippen molar-refractivity contribution in [3.05, 3.63) is 0 Å². The molecule has 0 unspecified atom stereocenters. The molecule has 0 heterocycles. The predicted molar refractivity (Wildman–Crippen MR) is 71.4 cm³/mol. The number of hydrogen-bond donors (Lipinski definition) is 2. The Bertz CT molecular complexity index is 221. The number of hydrogen-bond acceptors (Lipinski definition) is 3. The Balaban J connectivity index is 3.66. The number of nitrogens with one attached hydrogen (secondary N) is 1. The van der Waals surface area contributed by atoms with E-state index in [-0.39, 0.29) is 5.91 Å². The highest BCUT2D eigenvalue weighted by Gasteiger charge is 2.07. The van der Waals surface area contributed by atoms with Gasteiger partial charge in [-0.3, -0.25) is 9.69 Å².